The van der Waals surface area contributed by atoms with Crippen LogP contribution in [-0.4, -0.2) is 42.7 Å². The van der Waals surface area contributed by atoms with E-state index in [1.54, 1.807) is 0 Å². The van der Waals surface area contributed by atoms with Gasteiger partial charge in [-0.1, -0.05) is 13.8 Å². The van der Waals surface area contributed by atoms with E-state index in [2.05, 4.69) is 4.90 Å². The lowest BCUT2D eigenvalue weighted by atomic mass is 9.93. The molecule has 2 nitrogen and oxygen atoms in total. The van der Waals surface area contributed by atoms with Crippen molar-refractivity contribution in [2.45, 2.75) is 52.4 Å². The van der Waals surface area contributed by atoms with Crippen LogP contribution in [0.1, 0.15) is 46.0 Å². The Labute approximate surface area is 109 Å². The fourth-order valence-electron chi connectivity index (χ4n) is 2.65. The number of aliphatic hydroxyl groups excluding tert-OH is 1. The molecule has 0 spiro atoms. The fourth-order valence-corrected chi connectivity index (χ4v) is 2.65. The molecule has 108 valence electrons. The Kier molecular flexibility index (Phi) is 6.50. The van der Waals surface area contributed by atoms with Gasteiger partial charge in [-0.25, -0.2) is 8.78 Å². The minimum Gasteiger partial charge on any atom is -0.396 e. The van der Waals surface area contributed by atoms with Crippen molar-refractivity contribution in [3.63, 3.8) is 0 Å². The lowest BCUT2D eigenvalue weighted by Gasteiger charge is -2.34. The van der Waals surface area contributed by atoms with Gasteiger partial charge in [0.15, 0.2) is 0 Å². The summed E-state index contributed by atoms with van der Waals surface area (Å²) in [5.41, 5.74) is 0.162. The van der Waals surface area contributed by atoms with Crippen molar-refractivity contribution in [3.05, 3.63) is 0 Å². The van der Waals surface area contributed by atoms with Gasteiger partial charge in [0.25, 0.3) is 0 Å². The summed E-state index contributed by atoms with van der Waals surface area (Å²) in [7, 11) is 0. The highest BCUT2D eigenvalue weighted by Crippen LogP contribution is 2.46. The third-order valence-corrected chi connectivity index (χ3v) is 4.07. The Morgan fingerprint density at radius 1 is 1.22 bits per heavy atom. The van der Waals surface area contributed by atoms with Crippen LogP contribution < -0.4 is 0 Å². The van der Waals surface area contributed by atoms with Gasteiger partial charge in [0.2, 0.25) is 6.43 Å². The second-order valence-corrected chi connectivity index (χ2v) is 5.50. The average molecular weight is 263 g/mol. The number of halogens is 2. The van der Waals surface area contributed by atoms with Gasteiger partial charge in [-0.05, 0) is 44.7 Å². The average Bonchev–Trinajstić information content (AvgIpc) is 3.14. The van der Waals surface area contributed by atoms with Gasteiger partial charge in [-0.3, -0.25) is 0 Å². The summed E-state index contributed by atoms with van der Waals surface area (Å²) in [5, 5.41) is 9.23. The van der Waals surface area contributed by atoms with Crippen LogP contribution in [0.3, 0.4) is 0 Å². The molecule has 18 heavy (non-hydrogen) atoms. The van der Waals surface area contributed by atoms with E-state index < -0.39 is 6.43 Å². The van der Waals surface area contributed by atoms with Crippen LogP contribution in [0, 0.1) is 11.3 Å². The Balaban J connectivity index is 0.000000771. The van der Waals surface area contributed by atoms with Gasteiger partial charge in [-0.2, -0.15) is 0 Å². The van der Waals surface area contributed by atoms with Gasteiger partial charge in [-0.15, -0.1) is 0 Å². The Morgan fingerprint density at radius 3 is 2.17 bits per heavy atom. The van der Waals surface area contributed by atoms with Crippen molar-refractivity contribution < 1.29 is 13.9 Å². The molecule has 0 radical (unpaired) electrons. The first kappa shape index (κ1) is 15.8. The van der Waals surface area contributed by atoms with Gasteiger partial charge >= 0.3 is 0 Å². The molecule has 1 N–H and O–H groups in total. The van der Waals surface area contributed by atoms with Gasteiger partial charge < -0.3 is 10.0 Å². The SMILES string of the molecule is CC.OCC1(CN2CCC(CC(F)F)CC2)CC1. The van der Waals surface area contributed by atoms with E-state index in [0.717, 1.165) is 45.3 Å². The van der Waals surface area contributed by atoms with Crippen molar-refractivity contribution in [3.8, 4) is 0 Å². The van der Waals surface area contributed by atoms with Crippen LogP contribution in [0.15, 0.2) is 0 Å². The normalized spacial score (nSPS) is 23.7. The molecule has 0 aromatic rings. The van der Waals surface area contributed by atoms with E-state index in [0.29, 0.717) is 0 Å². The maximum atomic E-state index is 12.2. The molecular weight excluding hydrogens is 236 g/mol. The largest absolute Gasteiger partial charge is 0.396 e. The molecule has 0 atom stereocenters. The second-order valence-electron chi connectivity index (χ2n) is 5.50. The second kappa shape index (κ2) is 7.39. The minimum atomic E-state index is -2.15. The van der Waals surface area contributed by atoms with Crippen molar-refractivity contribution in [1.29, 1.82) is 0 Å². The summed E-state index contributed by atoms with van der Waals surface area (Å²) in [6, 6.07) is 0. The van der Waals surface area contributed by atoms with Crippen LogP contribution in [0.4, 0.5) is 8.78 Å². The maximum absolute atomic E-state index is 12.2. The Hall–Kier alpha value is -0.220. The molecule has 2 fully saturated rings. The third kappa shape index (κ3) is 4.81. The first-order valence-corrected chi connectivity index (χ1v) is 7.25. The number of hydrogen-bond acceptors (Lipinski definition) is 2. The van der Waals surface area contributed by atoms with Crippen molar-refractivity contribution in [2.75, 3.05) is 26.2 Å². The quantitative estimate of drug-likeness (QED) is 0.823. The first-order valence-electron chi connectivity index (χ1n) is 7.25. The van der Waals surface area contributed by atoms with E-state index in [9.17, 15) is 13.9 Å². The zero-order chi connectivity index (χ0) is 13.6. The summed E-state index contributed by atoms with van der Waals surface area (Å²) in [6.45, 7) is 7.10. The van der Waals surface area contributed by atoms with Crippen LogP contribution in [0.25, 0.3) is 0 Å². The summed E-state index contributed by atoms with van der Waals surface area (Å²) in [6.07, 6.45) is 1.96. The van der Waals surface area contributed by atoms with Crippen molar-refractivity contribution in [2.24, 2.45) is 11.3 Å². The lowest BCUT2D eigenvalue weighted by Crippen LogP contribution is -2.39. The van der Waals surface area contributed by atoms with Crippen LogP contribution in [0.2, 0.25) is 0 Å². The van der Waals surface area contributed by atoms with Crippen LogP contribution >= 0.6 is 0 Å². The highest BCUT2D eigenvalue weighted by Gasteiger charge is 2.43. The zero-order valence-corrected chi connectivity index (χ0v) is 11.7. The van der Waals surface area contributed by atoms with Gasteiger partial charge in [0, 0.05) is 25.0 Å². The Bertz CT molecular complexity index is 224. The van der Waals surface area contributed by atoms with E-state index in [1.807, 2.05) is 13.8 Å². The number of alkyl halides is 2. The van der Waals surface area contributed by atoms with Crippen molar-refractivity contribution in [1.82, 2.24) is 4.90 Å². The molecule has 1 saturated carbocycles. The van der Waals surface area contributed by atoms with E-state index >= 15 is 0 Å². The number of piperidine rings is 1. The minimum absolute atomic E-state index is 0.0684. The fraction of sp³-hybridized carbons (Fsp3) is 1.00. The van der Waals surface area contributed by atoms with Crippen molar-refractivity contribution >= 4 is 0 Å². The highest BCUT2D eigenvalue weighted by molar-refractivity contribution is 4.95. The molecule has 4 heteroatoms. The number of likely N-dealkylation sites (tertiary alicyclic amines) is 1. The summed E-state index contributed by atoms with van der Waals surface area (Å²) >= 11 is 0. The smallest absolute Gasteiger partial charge is 0.238 e. The molecule has 0 aromatic carbocycles. The Morgan fingerprint density at radius 2 is 1.78 bits per heavy atom. The van der Waals surface area contributed by atoms with E-state index in [1.165, 1.54) is 0 Å². The molecule has 0 bridgehead atoms. The molecule has 0 amide bonds. The van der Waals surface area contributed by atoms with Gasteiger partial charge in [0.1, 0.15) is 0 Å². The molecule has 2 aliphatic rings. The molecule has 1 aliphatic carbocycles. The topological polar surface area (TPSA) is 23.5 Å². The van der Waals surface area contributed by atoms with Crippen LogP contribution in [-0.2, 0) is 0 Å². The predicted molar refractivity (Wildman–Crippen MR) is 69.9 cm³/mol. The third-order valence-electron chi connectivity index (χ3n) is 4.07. The van der Waals surface area contributed by atoms with Crippen LogP contribution in [0.5, 0.6) is 0 Å². The zero-order valence-electron chi connectivity index (χ0n) is 11.7. The molecule has 1 aliphatic heterocycles. The number of rotatable bonds is 5. The summed E-state index contributed by atoms with van der Waals surface area (Å²) in [5.74, 6) is 0.209. The maximum Gasteiger partial charge on any atom is 0.238 e. The molecule has 0 aromatic heterocycles. The first-order chi connectivity index (χ1) is 8.63. The molecule has 1 saturated heterocycles. The lowest BCUT2D eigenvalue weighted by molar-refractivity contribution is 0.0743. The predicted octanol–water partition coefficient (Wildman–Crippen LogP) is 3.15. The molecular formula is C14H27F2NO. The van der Waals surface area contributed by atoms with E-state index in [-0.39, 0.29) is 24.4 Å². The number of aliphatic hydroxyl groups is 1. The molecule has 1 heterocycles. The van der Waals surface area contributed by atoms with Gasteiger partial charge in [0.05, 0.1) is 0 Å². The molecule has 0 unspecified atom stereocenters. The molecule has 2 rings (SSSR count). The standard InChI is InChI=1S/C12H21F2NO.C2H6/c13-11(14)7-10-1-5-15(6-2-10)8-12(9-16)3-4-12;1-2/h10-11,16H,1-9H2;1-2H3. The van der Waals surface area contributed by atoms with E-state index in [4.69, 9.17) is 0 Å². The number of nitrogens with zero attached hydrogens (tertiary/aromatic N) is 1. The highest BCUT2D eigenvalue weighted by atomic mass is 19.3. The monoisotopic (exact) mass is 263 g/mol. The number of hydrogen-bond donors (Lipinski definition) is 1. The summed E-state index contributed by atoms with van der Waals surface area (Å²) < 4.78 is 24.4. The summed E-state index contributed by atoms with van der Waals surface area (Å²) in [4.78, 5) is 2.34.